The summed E-state index contributed by atoms with van der Waals surface area (Å²) in [5.41, 5.74) is -0.246. The van der Waals surface area contributed by atoms with Gasteiger partial charge < -0.3 is 15.5 Å². The molecule has 0 saturated carbocycles. The van der Waals surface area contributed by atoms with Gasteiger partial charge in [0.05, 0.1) is 5.41 Å². The quantitative estimate of drug-likeness (QED) is 0.808. The van der Waals surface area contributed by atoms with Gasteiger partial charge in [0.2, 0.25) is 11.8 Å². The molecule has 9 heteroatoms. The summed E-state index contributed by atoms with van der Waals surface area (Å²) in [7, 11) is 0. The van der Waals surface area contributed by atoms with Crippen LogP contribution < -0.4 is 10.6 Å². The van der Waals surface area contributed by atoms with E-state index < -0.39 is 5.41 Å². The van der Waals surface area contributed by atoms with E-state index in [1.165, 1.54) is 0 Å². The Morgan fingerprint density at radius 3 is 3.00 bits per heavy atom. The van der Waals surface area contributed by atoms with E-state index in [0.29, 0.717) is 38.2 Å². The standard InChI is InChI=1S/C15H21N5O3S/c1-15(5-4-12(21)16-9-15)14(23)20-6-2-3-10(7-20)17-13(22)11-8-24-19-18-11/h8,10H,2-7,9H2,1H3,(H,16,21)(H,17,22)/t10-,15?/m0/s1. The minimum absolute atomic E-state index is 0.000862. The maximum absolute atomic E-state index is 12.9. The number of hydrogen-bond donors (Lipinski definition) is 2. The van der Waals surface area contributed by atoms with Gasteiger partial charge in [-0.1, -0.05) is 4.49 Å². The van der Waals surface area contributed by atoms with Crippen LogP contribution in [0.1, 0.15) is 43.1 Å². The highest BCUT2D eigenvalue weighted by molar-refractivity contribution is 7.03. The summed E-state index contributed by atoms with van der Waals surface area (Å²) < 4.78 is 3.69. The van der Waals surface area contributed by atoms with Crippen molar-refractivity contribution >= 4 is 29.3 Å². The predicted octanol–water partition coefficient (Wildman–Crippen LogP) is 0.175. The van der Waals surface area contributed by atoms with Crippen LogP contribution in [0.15, 0.2) is 5.38 Å². The average Bonchev–Trinajstić information content (AvgIpc) is 3.12. The van der Waals surface area contributed by atoms with Crippen LogP contribution in [-0.2, 0) is 9.59 Å². The Hall–Kier alpha value is -2.03. The number of rotatable bonds is 3. The van der Waals surface area contributed by atoms with Crippen LogP contribution in [-0.4, -0.2) is 57.9 Å². The summed E-state index contributed by atoms with van der Waals surface area (Å²) >= 11 is 1.13. The second-order valence-corrected chi connectivity index (χ2v) is 7.30. The molecule has 1 aromatic heterocycles. The molecular formula is C15H21N5O3S. The molecule has 0 radical (unpaired) electrons. The second-order valence-electron chi connectivity index (χ2n) is 6.69. The van der Waals surface area contributed by atoms with Crippen LogP contribution in [0.5, 0.6) is 0 Å². The molecule has 2 saturated heterocycles. The Bertz CT molecular complexity index is 623. The third kappa shape index (κ3) is 3.55. The van der Waals surface area contributed by atoms with E-state index in [-0.39, 0.29) is 23.8 Å². The molecule has 3 amide bonds. The molecule has 0 spiro atoms. The van der Waals surface area contributed by atoms with Gasteiger partial charge in [-0.05, 0) is 37.7 Å². The van der Waals surface area contributed by atoms with Gasteiger partial charge in [0.15, 0.2) is 5.69 Å². The number of aromatic nitrogens is 2. The number of amides is 3. The molecule has 2 fully saturated rings. The second kappa shape index (κ2) is 6.84. The normalized spacial score (nSPS) is 27.5. The Morgan fingerprint density at radius 1 is 1.50 bits per heavy atom. The molecule has 1 aromatic rings. The van der Waals surface area contributed by atoms with Crippen molar-refractivity contribution in [3.63, 3.8) is 0 Å². The van der Waals surface area contributed by atoms with Gasteiger partial charge in [0, 0.05) is 37.5 Å². The van der Waals surface area contributed by atoms with Crippen LogP contribution in [0.3, 0.4) is 0 Å². The number of piperidine rings is 2. The van der Waals surface area contributed by atoms with E-state index in [2.05, 4.69) is 20.2 Å². The zero-order valence-electron chi connectivity index (χ0n) is 13.6. The topological polar surface area (TPSA) is 104 Å². The fraction of sp³-hybridized carbons (Fsp3) is 0.667. The van der Waals surface area contributed by atoms with E-state index in [0.717, 1.165) is 24.4 Å². The van der Waals surface area contributed by atoms with Gasteiger partial charge in [0.25, 0.3) is 5.91 Å². The first-order valence-electron chi connectivity index (χ1n) is 8.12. The highest BCUT2D eigenvalue weighted by Gasteiger charge is 2.41. The third-order valence-electron chi connectivity index (χ3n) is 4.73. The van der Waals surface area contributed by atoms with Crippen molar-refractivity contribution in [2.75, 3.05) is 19.6 Å². The fourth-order valence-corrected chi connectivity index (χ4v) is 3.66. The smallest absolute Gasteiger partial charge is 0.273 e. The Balaban J connectivity index is 1.59. The van der Waals surface area contributed by atoms with E-state index in [1.807, 2.05) is 11.8 Å². The van der Waals surface area contributed by atoms with Gasteiger partial charge in [-0.25, -0.2) is 0 Å². The minimum Gasteiger partial charge on any atom is -0.355 e. The number of carbonyl (C=O) groups is 3. The molecule has 2 aliphatic rings. The van der Waals surface area contributed by atoms with Crippen LogP contribution in [0, 0.1) is 5.41 Å². The predicted molar refractivity (Wildman–Crippen MR) is 87.3 cm³/mol. The molecule has 3 rings (SSSR count). The molecular weight excluding hydrogens is 330 g/mol. The molecule has 130 valence electrons. The lowest BCUT2D eigenvalue weighted by Gasteiger charge is -2.40. The van der Waals surface area contributed by atoms with Gasteiger partial charge in [-0.2, -0.15) is 0 Å². The zero-order chi connectivity index (χ0) is 17.2. The van der Waals surface area contributed by atoms with Gasteiger partial charge in [-0.3, -0.25) is 14.4 Å². The first-order chi connectivity index (χ1) is 11.5. The van der Waals surface area contributed by atoms with E-state index in [9.17, 15) is 14.4 Å². The largest absolute Gasteiger partial charge is 0.355 e. The van der Waals surface area contributed by atoms with Crippen molar-refractivity contribution in [1.82, 2.24) is 25.1 Å². The number of nitrogens with one attached hydrogen (secondary N) is 2. The summed E-state index contributed by atoms with van der Waals surface area (Å²) in [5, 5.41) is 11.1. The van der Waals surface area contributed by atoms with E-state index in [4.69, 9.17) is 0 Å². The van der Waals surface area contributed by atoms with Crippen LogP contribution >= 0.6 is 11.5 Å². The van der Waals surface area contributed by atoms with Gasteiger partial charge in [-0.15, -0.1) is 5.10 Å². The van der Waals surface area contributed by atoms with Crippen molar-refractivity contribution in [2.45, 2.75) is 38.6 Å². The number of carbonyl (C=O) groups excluding carboxylic acids is 3. The molecule has 0 aliphatic carbocycles. The van der Waals surface area contributed by atoms with Crippen molar-refractivity contribution in [1.29, 1.82) is 0 Å². The van der Waals surface area contributed by atoms with E-state index >= 15 is 0 Å². The summed E-state index contributed by atoms with van der Waals surface area (Å²) in [4.78, 5) is 38.1. The highest BCUT2D eigenvalue weighted by Crippen LogP contribution is 2.29. The number of hydrogen-bond acceptors (Lipinski definition) is 6. The van der Waals surface area contributed by atoms with Crippen molar-refractivity contribution in [3.05, 3.63) is 11.1 Å². The lowest BCUT2D eigenvalue weighted by molar-refractivity contribution is -0.145. The molecule has 8 nitrogen and oxygen atoms in total. The lowest BCUT2D eigenvalue weighted by atomic mass is 9.80. The Morgan fingerprint density at radius 2 is 2.33 bits per heavy atom. The molecule has 0 aromatic carbocycles. The Labute approximate surface area is 144 Å². The van der Waals surface area contributed by atoms with Gasteiger partial charge in [0.1, 0.15) is 0 Å². The summed E-state index contributed by atoms with van der Waals surface area (Å²) in [6.45, 7) is 3.46. The maximum atomic E-state index is 12.9. The molecule has 2 aliphatic heterocycles. The Kier molecular flexibility index (Phi) is 4.79. The summed E-state index contributed by atoms with van der Waals surface area (Å²) in [6, 6.07) is -0.0846. The van der Waals surface area contributed by atoms with Crippen LogP contribution in [0.2, 0.25) is 0 Å². The molecule has 1 unspecified atom stereocenters. The van der Waals surface area contributed by atoms with E-state index in [1.54, 1.807) is 5.38 Å². The lowest BCUT2D eigenvalue weighted by Crippen LogP contribution is -2.56. The monoisotopic (exact) mass is 351 g/mol. The van der Waals surface area contributed by atoms with Crippen LogP contribution in [0.25, 0.3) is 0 Å². The molecule has 2 N–H and O–H groups in total. The maximum Gasteiger partial charge on any atom is 0.273 e. The summed E-state index contributed by atoms with van der Waals surface area (Å²) in [6.07, 6.45) is 2.62. The van der Waals surface area contributed by atoms with Crippen molar-refractivity contribution in [2.24, 2.45) is 5.41 Å². The van der Waals surface area contributed by atoms with Crippen LogP contribution in [0.4, 0.5) is 0 Å². The zero-order valence-corrected chi connectivity index (χ0v) is 14.4. The fourth-order valence-electron chi connectivity index (χ4n) is 3.23. The average molecular weight is 351 g/mol. The first-order valence-corrected chi connectivity index (χ1v) is 8.95. The highest BCUT2D eigenvalue weighted by atomic mass is 32.1. The SMILES string of the molecule is CC1(C(=O)N2CCC[C@H](NC(=O)c3csnn3)C2)CCC(=O)NC1. The number of nitrogens with zero attached hydrogens (tertiary/aromatic N) is 3. The first kappa shape index (κ1) is 16.8. The van der Waals surface area contributed by atoms with Crippen molar-refractivity contribution in [3.8, 4) is 0 Å². The molecule has 3 heterocycles. The van der Waals surface area contributed by atoms with Gasteiger partial charge >= 0.3 is 0 Å². The summed E-state index contributed by atoms with van der Waals surface area (Å²) in [5.74, 6) is -0.197. The molecule has 2 atom stereocenters. The molecule has 0 bridgehead atoms. The van der Waals surface area contributed by atoms with Crippen molar-refractivity contribution < 1.29 is 14.4 Å². The minimum atomic E-state index is -0.557. The molecule has 24 heavy (non-hydrogen) atoms. The number of likely N-dealkylation sites (tertiary alicyclic amines) is 1. The third-order valence-corrected chi connectivity index (χ3v) is 5.24.